The van der Waals surface area contributed by atoms with Crippen molar-refractivity contribution in [3.8, 4) is 0 Å². The van der Waals surface area contributed by atoms with Gasteiger partial charge in [0, 0.05) is 25.5 Å². The van der Waals surface area contributed by atoms with Crippen LogP contribution in [0.25, 0.3) is 5.65 Å². The van der Waals surface area contributed by atoms with Crippen molar-refractivity contribution in [2.24, 2.45) is 0 Å². The number of likely N-dealkylation sites (tertiary alicyclic amines) is 1. The van der Waals surface area contributed by atoms with Gasteiger partial charge in [0.1, 0.15) is 5.69 Å². The Morgan fingerprint density at radius 1 is 1.28 bits per heavy atom. The quantitative estimate of drug-likeness (QED) is 0.766. The molecule has 18 heavy (non-hydrogen) atoms. The molecular formula is C13H16N4O. The molecule has 0 saturated carbocycles. The van der Waals surface area contributed by atoms with Crippen LogP contribution in [-0.4, -0.2) is 38.3 Å². The zero-order valence-electron chi connectivity index (χ0n) is 10.5. The van der Waals surface area contributed by atoms with Gasteiger partial charge in [-0.25, -0.2) is 4.98 Å². The van der Waals surface area contributed by atoms with Gasteiger partial charge in [0.05, 0.1) is 11.9 Å². The van der Waals surface area contributed by atoms with Crippen molar-refractivity contribution < 1.29 is 4.79 Å². The van der Waals surface area contributed by atoms with Crippen LogP contribution < -0.4 is 0 Å². The number of aryl methyl sites for hydroxylation is 1. The third-order valence-corrected chi connectivity index (χ3v) is 3.45. The van der Waals surface area contributed by atoms with E-state index in [0.717, 1.165) is 37.3 Å². The van der Waals surface area contributed by atoms with Crippen LogP contribution in [0.2, 0.25) is 0 Å². The summed E-state index contributed by atoms with van der Waals surface area (Å²) in [5.74, 6) is 0.0888. The molecule has 1 saturated heterocycles. The number of imidazole rings is 1. The summed E-state index contributed by atoms with van der Waals surface area (Å²) in [5.41, 5.74) is 2.18. The number of amides is 1. The second kappa shape index (κ2) is 4.40. The highest BCUT2D eigenvalue weighted by Gasteiger charge is 2.23. The summed E-state index contributed by atoms with van der Waals surface area (Å²) in [7, 11) is 0. The number of nitrogens with zero attached hydrogens (tertiary/aromatic N) is 4. The summed E-state index contributed by atoms with van der Waals surface area (Å²) < 4.78 is 1.83. The number of fused-ring (bicyclic) bond motifs is 1. The number of hydrogen-bond acceptors (Lipinski definition) is 3. The summed E-state index contributed by atoms with van der Waals surface area (Å²) in [6, 6.07) is 0. The summed E-state index contributed by atoms with van der Waals surface area (Å²) in [4.78, 5) is 22.9. The fourth-order valence-electron chi connectivity index (χ4n) is 2.53. The van der Waals surface area contributed by atoms with Crippen LogP contribution in [0.1, 0.15) is 35.4 Å². The van der Waals surface area contributed by atoms with E-state index in [1.54, 1.807) is 18.6 Å². The minimum atomic E-state index is 0.0888. The van der Waals surface area contributed by atoms with Crippen molar-refractivity contribution in [1.29, 1.82) is 0 Å². The van der Waals surface area contributed by atoms with Crippen LogP contribution in [0.4, 0.5) is 0 Å². The van der Waals surface area contributed by atoms with E-state index in [2.05, 4.69) is 9.97 Å². The van der Waals surface area contributed by atoms with Crippen LogP contribution in [-0.2, 0) is 0 Å². The maximum atomic E-state index is 12.5. The lowest BCUT2D eigenvalue weighted by molar-refractivity contribution is 0.0716. The van der Waals surface area contributed by atoms with Crippen molar-refractivity contribution in [1.82, 2.24) is 19.3 Å². The van der Waals surface area contributed by atoms with E-state index in [4.69, 9.17) is 0 Å². The SMILES string of the molecule is Cc1nc2cnccn2c1C(=O)N1CCCCC1. The monoisotopic (exact) mass is 244 g/mol. The normalized spacial score (nSPS) is 16.2. The first-order chi connectivity index (χ1) is 8.77. The molecule has 5 nitrogen and oxygen atoms in total. The minimum absolute atomic E-state index is 0.0888. The number of carbonyl (C=O) groups excluding carboxylic acids is 1. The Balaban J connectivity index is 2.02. The highest BCUT2D eigenvalue weighted by Crippen LogP contribution is 2.17. The fourth-order valence-corrected chi connectivity index (χ4v) is 2.53. The zero-order valence-corrected chi connectivity index (χ0v) is 10.5. The van der Waals surface area contributed by atoms with Gasteiger partial charge in [-0.05, 0) is 26.2 Å². The van der Waals surface area contributed by atoms with E-state index in [-0.39, 0.29) is 5.91 Å². The lowest BCUT2D eigenvalue weighted by atomic mass is 10.1. The van der Waals surface area contributed by atoms with Gasteiger partial charge in [-0.2, -0.15) is 0 Å². The smallest absolute Gasteiger partial charge is 0.272 e. The summed E-state index contributed by atoms with van der Waals surface area (Å²) >= 11 is 0. The van der Waals surface area contributed by atoms with E-state index in [9.17, 15) is 4.79 Å². The predicted molar refractivity (Wildman–Crippen MR) is 67.5 cm³/mol. The van der Waals surface area contributed by atoms with Crippen molar-refractivity contribution in [3.05, 3.63) is 30.0 Å². The molecule has 5 heteroatoms. The van der Waals surface area contributed by atoms with Gasteiger partial charge in [0.15, 0.2) is 5.65 Å². The molecule has 1 aliphatic rings. The molecular weight excluding hydrogens is 228 g/mol. The molecule has 3 rings (SSSR count). The molecule has 3 heterocycles. The standard InChI is InChI=1S/C13H16N4O/c1-10-12(13(18)16-6-3-2-4-7-16)17-8-5-14-9-11(17)15-10/h5,8-9H,2-4,6-7H2,1H3. The number of rotatable bonds is 1. The van der Waals surface area contributed by atoms with Crippen LogP contribution in [0, 0.1) is 6.92 Å². The Labute approximate surface area is 105 Å². The van der Waals surface area contributed by atoms with Crippen LogP contribution in [0.5, 0.6) is 0 Å². The Hall–Kier alpha value is -1.91. The molecule has 0 atom stereocenters. The minimum Gasteiger partial charge on any atom is -0.337 e. The van der Waals surface area contributed by atoms with Gasteiger partial charge >= 0.3 is 0 Å². The zero-order chi connectivity index (χ0) is 12.5. The van der Waals surface area contributed by atoms with E-state index in [1.165, 1.54) is 6.42 Å². The molecule has 2 aromatic heterocycles. The van der Waals surface area contributed by atoms with Gasteiger partial charge in [-0.15, -0.1) is 0 Å². The van der Waals surface area contributed by atoms with E-state index in [1.807, 2.05) is 16.2 Å². The van der Waals surface area contributed by atoms with Gasteiger partial charge in [-0.1, -0.05) is 0 Å². The lowest BCUT2D eigenvalue weighted by Crippen LogP contribution is -2.36. The van der Waals surface area contributed by atoms with Crippen molar-refractivity contribution >= 4 is 11.6 Å². The van der Waals surface area contributed by atoms with Crippen LogP contribution in [0.3, 0.4) is 0 Å². The van der Waals surface area contributed by atoms with Crippen LogP contribution in [0.15, 0.2) is 18.6 Å². The first-order valence-electron chi connectivity index (χ1n) is 6.35. The average molecular weight is 244 g/mol. The first kappa shape index (κ1) is 11.2. The Kier molecular flexibility index (Phi) is 2.74. The predicted octanol–water partition coefficient (Wildman–Crippen LogP) is 1.66. The molecule has 0 bridgehead atoms. The van der Waals surface area contributed by atoms with Crippen LogP contribution >= 0.6 is 0 Å². The van der Waals surface area contributed by atoms with Gasteiger partial charge in [-0.3, -0.25) is 14.2 Å². The van der Waals surface area contributed by atoms with Crippen molar-refractivity contribution in [2.45, 2.75) is 26.2 Å². The molecule has 1 amide bonds. The molecule has 0 spiro atoms. The second-order valence-electron chi connectivity index (χ2n) is 4.70. The van der Waals surface area contributed by atoms with E-state index < -0.39 is 0 Å². The lowest BCUT2D eigenvalue weighted by Gasteiger charge is -2.26. The fraction of sp³-hybridized carbons (Fsp3) is 0.462. The number of carbonyl (C=O) groups is 1. The average Bonchev–Trinajstić information content (AvgIpc) is 2.75. The number of aromatic nitrogens is 3. The maximum absolute atomic E-state index is 12.5. The molecule has 0 radical (unpaired) electrons. The summed E-state index contributed by atoms with van der Waals surface area (Å²) in [6.07, 6.45) is 8.58. The Morgan fingerprint density at radius 2 is 2.06 bits per heavy atom. The molecule has 0 unspecified atom stereocenters. The maximum Gasteiger partial charge on any atom is 0.272 e. The Bertz CT molecular complexity index is 584. The molecule has 94 valence electrons. The number of hydrogen-bond donors (Lipinski definition) is 0. The number of piperidine rings is 1. The third kappa shape index (κ3) is 1.75. The largest absolute Gasteiger partial charge is 0.337 e. The van der Waals surface area contributed by atoms with E-state index in [0.29, 0.717) is 5.69 Å². The van der Waals surface area contributed by atoms with Gasteiger partial charge in [0.2, 0.25) is 0 Å². The Morgan fingerprint density at radius 3 is 2.83 bits per heavy atom. The van der Waals surface area contributed by atoms with Crippen molar-refractivity contribution in [3.63, 3.8) is 0 Å². The molecule has 0 aliphatic carbocycles. The highest BCUT2D eigenvalue weighted by atomic mass is 16.2. The van der Waals surface area contributed by atoms with Gasteiger partial charge < -0.3 is 4.90 Å². The molecule has 1 fully saturated rings. The highest BCUT2D eigenvalue weighted by molar-refractivity contribution is 5.94. The molecule has 1 aliphatic heterocycles. The molecule has 0 N–H and O–H groups in total. The second-order valence-corrected chi connectivity index (χ2v) is 4.70. The van der Waals surface area contributed by atoms with E-state index >= 15 is 0 Å². The molecule has 2 aromatic rings. The summed E-state index contributed by atoms with van der Waals surface area (Å²) in [6.45, 7) is 3.59. The van der Waals surface area contributed by atoms with Crippen molar-refractivity contribution in [2.75, 3.05) is 13.1 Å². The topological polar surface area (TPSA) is 50.5 Å². The third-order valence-electron chi connectivity index (χ3n) is 3.45. The van der Waals surface area contributed by atoms with Gasteiger partial charge in [0.25, 0.3) is 5.91 Å². The molecule has 0 aromatic carbocycles. The summed E-state index contributed by atoms with van der Waals surface area (Å²) in [5, 5.41) is 0. The first-order valence-corrected chi connectivity index (χ1v) is 6.35.